The smallest absolute Gasteiger partial charge is 0.203 e. The van der Waals surface area contributed by atoms with Gasteiger partial charge in [-0.1, -0.05) is 12.1 Å². The van der Waals surface area contributed by atoms with Crippen LogP contribution in [0.15, 0.2) is 52.9 Å². The Balaban J connectivity index is 1.64. The van der Waals surface area contributed by atoms with Crippen molar-refractivity contribution >= 4 is 15.9 Å². The van der Waals surface area contributed by atoms with Crippen LogP contribution >= 0.6 is 0 Å². The molecule has 28 heavy (non-hydrogen) atoms. The Labute approximate surface area is 164 Å². The number of nitrogens with zero attached hydrogens (tertiary/aromatic N) is 2. The third kappa shape index (κ3) is 5.60. The summed E-state index contributed by atoms with van der Waals surface area (Å²) in [6.07, 6.45) is 3.34. The zero-order valence-electron chi connectivity index (χ0n) is 15.5. The lowest BCUT2D eigenvalue weighted by atomic mass is 10.3. The molecule has 1 aliphatic rings. The maximum absolute atomic E-state index is 13.7. The Kier molecular flexibility index (Phi) is 7.13. The zero-order valence-corrected chi connectivity index (χ0v) is 16.3. The SMILES string of the molecule is O=S(=O)(C=Cc1ncccc1F)c1ccccc1OCCCN1CCOCC1. The number of para-hydroxylation sites is 1. The van der Waals surface area contributed by atoms with E-state index in [1.165, 1.54) is 24.4 Å². The molecule has 8 heteroatoms. The van der Waals surface area contributed by atoms with E-state index in [-0.39, 0.29) is 16.3 Å². The van der Waals surface area contributed by atoms with Gasteiger partial charge < -0.3 is 9.47 Å². The van der Waals surface area contributed by atoms with Crippen LogP contribution in [0.4, 0.5) is 4.39 Å². The molecule has 0 aliphatic carbocycles. The highest BCUT2D eigenvalue weighted by atomic mass is 32.2. The zero-order chi connectivity index (χ0) is 19.8. The van der Waals surface area contributed by atoms with Crippen LogP contribution < -0.4 is 4.74 Å². The quantitative estimate of drug-likeness (QED) is 0.628. The van der Waals surface area contributed by atoms with E-state index in [9.17, 15) is 12.8 Å². The van der Waals surface area contributed by atoms with Gasteiger partial charge in [0, 0.05) is 31.2 Å². The fourth-order valence-corrected chi connectivity index (χ4v) is 3.98. The standard InChI is InChI=1S/C20H23FN2O4S/c21-17-5-3-9-22-18(17)8-16-28(24,25)20-7-2-1-6-19(20)27-13-4-10-23-11-14-26-15-12-23/h1-3,5-9,16H,4,10-15H2. The molecule has 3 rings (SSSR count). The summed E-state index contributed by atoms with van der Waals surface area (Å²) in [6.45, 7) is 4.57. The van der Waals surface area contributed by atoms with Gasteiger partial charge in [0.25, 0.3) is 0 Å². The Hall–Kier alpha value is -2.29. The van der Waals surface area contributed by atoms with E-state index in [1.807, 2.05) is 0 Å². The number of pyridine rings is 1. The van der Waals surface area contributed by atoms with Gasteiger partial charge in [-0.2, -0.15) is 0 Å². The second-order valence-electron chi connectivity index (χ2n) is 6.32. The van der Waals surface area contributed by atoms with E-state index < -0.39 is 15.7 Å². The normalized spacial score (nSPS) is 15.8. The van der Waals surface area contributed by atoms with E-state index in [0.29, 0.717) is 6.61 Å². The molecule has 1 aliphatic heterocycles. The van der Waals surface area contributed by atoms with Crippen molar-refractivity contribution in [2.24, 2.45) is 0 Å². The Bertz CT molecular complexity index is 912. The highest BCUT2D eigenvalue weighted by molar-refractivity contribution is 7.94. The van der Waals surface area contributed by atoms with Crippen LogP contribution in [-0.4, -0.2) is 57.8 Å². The van der Waals surface area contributed by atoms with Crippen molar-refractivity contribution < 1.29 is 22.3 Å². The molecule has 0 atom stereocenters. The minimum absolute atomic E-state index is 0.0324. The molecule has 0 N–H and O–H groups in total. The second kappa shape index (κ2) is 9.77. The Morgan fingerprint density at radius 3 is 2.75 bits per heavy atom. The van der Waals surface area contributed by atoms with Gasteiger partial charge in [-0.05, 0) is 36.8 Å². The van der Waals surface area contributed by atoms with Crippen LogP contribution in [0.3, 0.4) is 0 Å². The van der Waals surface area contributed by atoms with Crippen molar-refractivity contribution in [2.45, 2.75) is 11.3 Å². The number of aromatic nitrogens is 1. The van der Waals surface area contributed by atoms with Crippen LogP contribution in [0.1, 0.15) is 12.1 Å². The number of morpholine rings is 1. The van der Waals surface area contributed by atoms with Gasteiger partial charge in [-0.15, -0.1) is 0 Å². The Morgan fingerprint density at radius 2 is 1.96 bits per heavy atom. The number of halogens is 1. The maximum Gasteiger partial charge on any atom is 0.203 e. The summed E-state index contributed by atoms with van der Waals surface area (Å²) in [5.41, 5.74) is -0.0324. The molecule has 2 aromatic rings. The van der Waals surface area contributed by atoms with Crippen LogP contribution in [0.5, 0.6) is 5.75 Å². The molecule has 2 heterocycles. The molecule has 1 fully saturated rings. The van der Waals surface area contributed by atoms with Gasteiger partial charge in [0.1, 0.15) is 16.5 Å². The van der Waals surface area contributed by atoms with Crippen molar-refractivity contribution in [1.82, 2.24) is 9.88 Å². The van der Waals surface area contributed by atoms with Gasteiger partial charge in [0.15, 0.2) is 0 Å². The molecule has 0 spiro atoms. The molecule has 150 valence electrons. The molecule has 0 bridgehead atoms. The molecule has 0 unspecified atom stereocenters. The van der Waals surface area contributed by atoms with E-state index in [1.54, 1.807) is 18.2 Å². The number of ether oxygens (including phenoxy) is 2. The largest absolute Gasteiger partial charge is 0.492 e. The third-order valence-electron chi connectivity index (χ3n) is 4.33. The fourth-order valence-electron chi connectivity index (χ4n) is 2.85. The second-order valence-corrected chi connectivity index (χ2v) is 8.12. The van der Waals surface area contributed by atoms with Crippen LogP contribution in [0.25, 0.3) is 6.08 Å². The van der Waals surface area contributed by atoms with Crippen LogP contribution in [0.2, 0.25) is 0 Å². The van der Waals surface area contributed by atoms with Gasteiger partial charge in [0.2, 0.25) is 9.84 Å². The predicted molar refractivity (Wildman–Crippen MR) is 104 cm³/mol. The summed E-state index contributed by atoms with van der Waals surface area (Å²) in [4.78, 5) is 6.17. The first-order valence-corrected chi connectivity index (χ1v) is 10.7. The molecule has 0 saturated carbocycles. The van der Waals surface area contributed by atoms with E-state index in [0.717, 1.165) is 50.8 Å². The number of sulfone groups is 1. The first-order valence-electron chi connectivity index (χ1n) is 9.12. The van der Waals surface area contributed by atoms with Crippen molar-refractivity contribution in [3.05, 3.63) is 59.5 Å². The van der Waals surface area contributed by atoms with Crippen molar-refractivity contribution in [2.75, 3.05) is 39.5 Å². The van der Waals surface area contributed by atoms with Gasteiger partial charge in [-0.3, -0.25) is 9.88 Å². The minimum atomic E-state index is -3.80. The lowest BCUT2D eigenvalue weighted by molar-refractivity contribution is 0.0357. The third-order valence-corrected chi connectivity index (χ3v) is 5.77. The van der Waals surface area contributed by atoms with E-state index in [2.05, 4.69) is 9.88 Å². The summed E-state index contributed by atoms with van der Waals surface area (Å²) in [5, 5.41) is 0.953. The van der Waals surface area contributed by atoms with E-state index in [4.69, 9.17) is 9.47 Å². The van der Waals surface area contributed by atoms with Gasteiger partial charge in [-0.25, -0.2) is 12.8 Å². The summed E-state index contributed by atoms with van der Waals surface area (Å²) < 4.78 is 50.1. The molecule has 6 nitrogen and oxygen atoms in total. The van der Waals surface area contributed by atoms with Crippen LogP contribution in [0, 0.1) is 5.82 Å². The number of benzene rings is 1. The number of hydrogen-bond acceptors (Lipinski definition) is 6. The topological polar surface area (TPSA) is 68.7 Å². The number of rotatable bonds is 8. The summed E-state index contributed by atoms with van der Waals surface area (Å²) in [6, 6.07) is 9.12. The molecule has 0 amide bonds. The summed E-state index contributed by atoms with van der Waals surface area (Å²) in [7, 11) is -3.80. The molecule has 1 aromatic carbocycles. The van der Waals surface area contributed by atoms with Gasteiger partial charge in [0.05, 0.1) is 25.5 Å². The summed E-state index contributed by atoms with van der Waals surface area (Å²) >= 11 is 0. The number of hydrogen-bond donors (Lipinski definition) is 0. The minimum Gasteiger partial charge on any atom is -0.492 e. The first-order chi connectivity index (χ1) is 13.6. The summed E-state index contributed by atoms with van der Waals surface area (Å²) in [5.74, 6) is -0.294. The average molecular weight is 406 g/mol. The lowest BCUT2D eigenvalue weighted by Crippen LogP contribution is -2.37. The van der Waals surface area contributed by atoms with Crippen molar-refractivity contribution in [3.8, 4) is 5.75 Å². The fraction of sp³-hybridized carbons (Fsp3) is 0.350. The predicted octanol–water partition coefficient (Wildman–Crippen LogP) is 2.77. The van der Waals surface area contributed by atoms with E-state index >= 15 is 0 Å². The highest BCUT2D eigenvalue weighted by Crippen LogP contribution is 2.26. The molecule has 1 saturated heterocycles. The van der Waals surface area contributed by atoms with Crippen LogP contribution in [-0.2, 0) is 14.6 Å². The molecular formula is C20H23FN2O4S. The highest BCUT2D eigenvalue weighted by Gasteiger charge is 2.17. The molecular weight excluding hydrogens is 383 g/mol. The van der Waals surface area contributed by atoms with Gasteiger partial charge >= 0.3 is 0 Å². The lowest BCUT2D eigenvalue weighted by Gasteiger charge is -2.26. The van der Waals surface area contributed by atoms with Crippen molar-refractivity contribution in [1.29, 1.82) is 0 Å². The average Bonchev–Trinajstić information content (AvgIpc) is 2.72. The monoisotopic (exact) mass is 406 g/mol. The molecule has 1 aromatic heterocycles. The first kappa shape index (κ1) is 20.4. The Morgan fingerprint density at radius 1 is 1.18 bits per heavy atom. The molecule has 0 radical (unpaired) electrons. The maximum atomic E-state index is 13.7. The van der Waals surface area contributed by atoms with Crippen molar-refractivity contribution in [3.63, 3.8) is 0 Å².